The molecule has 5 nitrogen and oxygen atoms in total. The Morgan fingerprint density at radius 2 is 2.06 bits per heavy atom. The zero-order valence-corrected chi connectivity index (χ0v) is 10.1. The topological polar surface area (TPSA) is 45.5 Å². The Kier molecular flexibility index (Phi) is 2.78. The third-order valence-electron chi connectivity index (χ3n) is 3.25. The number of aryl methyl sites for hydroxylation is 1. The SMILES string of the molecule is Cc1nnc2ccc(CN3CCNCC3)cn12. The van der Waals surface area contributed by atoms with Crippen LogP contribution in [0.15, 0.2) is 18.3 Å². The molecule has 0 aliphatic carbocycles. The number of nitrogens with zero attached hydrogens (tertiary/aromatic N) is 4. The first-order valence-electron chi connectivity index (χ1n) is 6.06. The Labute approximate surface area is 100 Å². The predicted molar refractivity (Wildman–Crippen MR) is 65.9 cm³/mol. The predicted octanol–water partition coefficient (Wildman–Crippen LogP) is 0.443. The van der Waals surface area contributed by atoms with Crippen molar-refractivity contribution in [3.8, 4) is 0 Å². The van der Waals surface area contributed by atoms with Gasteiger partial charge in [0, 0.05) is 38.9 Å². The van der Waals surface area contributed by atoms with E-state index >= 15 is 0 Å². The molecule has 2 aromatic rings. The molecule has 1 fully saturated rings. The van der Waals surface area contributed by atoms with Crippen molar-refractivity contribution in [1.82, 2.24) is 24.8 Å². The van der Waals surface area contributed by atoms with Crippen LogP contribution in [0.3, 0.4) is 0 Å². The molecule has 3 rings (SSSR count). The minimum atomic E-state index is 0.923. The van der Waals surface area contributed by atoms with E-state index in [1.54, 1.807) is 0 Å². The fourth-order valence-electron chi connectivity index (χ4n) is 2.27. The van der Waals surface area contributed by atoms with Crippen molar-refractivity contribution >= 4 is 5.65 Å². The van der Waals surface area contributed by atoms with Crippen LogP contribution >= 0.6 is 0 Å². The molecule has 0 unspecified atom stereocenters. The summed E-state index contributed by atoms with van der Waals surface area (Å²) < 4.78 is 2.05. The van der Waals surface area contributed by atoms with Gasteiger partial charge in [-0.15, -0.1) is 10.2 Å². The Morgan fingerprint density at radius 3 is 2.88 bits per heavy atom. The summed E-state index contributed by atoms with van der Waals surface area (Å²) >= 11 is 0. The Bertz CT molecular complexity index is 513. The first-order chi connectivity index (χ1) is 8.33. The van der Waals surface area contributed by atoms with Gasteiger partial charge in [0.05, 0.1) is 0 Å². The first-order valence-corrected chi connectivity index (χ1v) is 6.06. The van der Waals surface area contributed by atoms with Crippen molar-refractivity contribution in [2.45, 2.75) is 13.5 Å². The monoisotopic (exact) mass is 231 g/mol. The molecule has 0 aromatic carbocycles. The van der Waals surface area contributed by atoms with E-state index in [4.69, 9.17) is 0 Å². The van der Waals surface area contributed by atoms with Crippen molar-refractivity contribution in [2.24, 2.45) is 0 Å². The van der Waals surface area contributed by atoms with Gasteiger partial charge in [-0.25, -0.2) is 0 Å². The highest BCUT2D eigenvalue weighted by atomic mass is 15.2. The highest BCUT2D eigenvalue weighted by Crippen LogP contribution is 2.09. The van der Waals surface area contributed by atoms with Crippen molar-refractivity contribution in [2.75, 3.05) is 26.2 Å². The smallest absolute Gasteiger partial charge is 0.160 e. The fourth-order valence-corrected chi connectivity index (χ4v) is 2.27. The van der Waals surface area contributed by atoms with Crippen LogP contribution in [-0.4, -0.2) is 45.7 Å². The maximum atomic E-state index is 4.10. The van der Waals surface area contributed by atoms with E-state index in [1.165, 1.54) is 5.56 Å². The second kappa shape index (κ2) is 4.43. The molecule has 90 valence electrons. The van der Waals surface area contributed by atoms with Crippen LogP contribution in [0, 0.1) is 6.92 Å². The van der Waals surface area contributed by atoms with Crippen LogP contribution < -0.4 is 5.32 Å². The summed E-state index contributed by atoms with van der Waals surface area (Å²) in [5.74, 6) is 0.946. The normalized spacial score (nSPS) is 17.7. The zero-order valence-electron chi connectivity index (χ0n) is 10.1. The van der Waals surface area contributed by atoms with E-state index in [0.717, 1.165) is 44.2 Å². The van der Waals surface area contributed by atoms with Gasteiger partial charge in [0.1, 0.15) is 5.82 Å². The maximum Gasteiger partial charge on any atom is 0.160 e. The number of pyridine rings is 1. The van der Waals surface area contributed by atoms with Crippen LogP contribution in [0.2, 0.25) is 0 Å². The molecule has 0 spiro atoms. The highest BCUT2D eigenvalue weighted by molar-refractivity contribution is 5.39. The highest BCUT2D eigenvalue weighted by Gasteiger charge is 2.10. The van der Waals surface area contributed by atoms with Crippen LogP contribution in [0.5, 0.6) is 0 Å². The minimum Gasteiger partial charge on any atom is -0.314 e. The van der Waals surface area contributed by atoms with Crippen molar-refractivity contribution in [1.29, 1.82) is 0 Å². The van der Waals surface area contributed by atoms with Gasteiger partial charge in [-0.1, -0.05) is 6.07 Å². The van der Waals surface area contributed by atoms with E-state index in [-0.39, 0.29) is 0 Å². The molecular formula is C12H17N5. The lowest BCUT2D eigenvalue weighted by Gasteiger charge is -2.27. The number of rotatable bonds is 2. The van der Waals surface area contributed by atoms with Gasteiger partial charge >= 0.3 is 0 Å². The van der Waals surface area contributed by atoms with E-state index in [1.807, 2.05) is 13.0 Å². The number of nitrogens with one attached hydrogen (secondary N) is 1. The lowest BCUT2D eigenvalue weighted by molar-refractivity contribution is 0.233. The molecule has 3 heterocycles. The van der Waals surface area contributed by atoms with Gasteiger partial charge in [0.25, 0.3) is 0 Å². The lowest BCUT2D eigenvalue weighted by Crippen LogP contribution is -2.42. The Balaban J connectivity index is 1.82. The molecule has 0 saturated carbocycles. The summed E-state index contributed by atoms with van der Waals surface area (Å²) in [6.45, 7) is 7.42. The lowest BCUT2D eigenvalue weighted by atomic mass is 10.2. The van der Waals surface area contributed by atoms with Crippen LogP contribution in [-0.2, 0) is 6.54 Å². The average Bonchev–Trinajstić information content (AvgIpc) is 2.73. The van der Waals surface area contributed by atoms with Gasteiger partial charge < -0.3 is 5.32 Å². The van der Waals surface area contributed by atoms with Gasteiger partial charge in [0.2, 0.25) is 0 Å². The zero-order chi connectivity index (χ0) is 11.7. The number of piperazine rings is 1. The number of aromatic nitrogens is 3. The standard InChI is InChI=1S/C12H17N5/c1-10-14-15-12-3-2-11(9-17(10)12)8-16-6-4-13-5-7-16/h2-3,9,13H,4-8H2,1H3. The Morgan fingerprint density at radius 1 is 1.24 bits per heavy atom. The van der Waals surface area contributed by atoms with Crippen molar-refractivity contribution in [3.05, 3.63) is 29.7 Å². The van der Waals surface area contributed by atoms with E-state index in [0.29, 0.717) is 0 Å². The van der Waals surface area contributed by atoms with Gasteiger partial charge in [-0.05, 0) is 18.6 Å². The Hall–Kier alpha value is -1.46. The average molecular weight is 231 g/mol. The number of fused-ring (bicyclic) bond motifs is 1. The number of hydrogen-bond donors (Lipinski definition) is 1. The van der Waals surface area contributed by atoms with Crippen molar-refractivity contribution < 1.29 is 0 Å². The molecule has 1 aliphatic rings. The van der Waals surface area contributed by atoms with Gasteiger partial charge in [-0.3, -0.25) is 9.30 Å². The molecule has 0 bridgehead atoms. The molecule has 17 heavy (non-hydrogen) atoms. The van der Waals surface area contributed by atoms with E-state index in [2.05, 4.69) is 37.1 Å². The molecule has 0 atom stereocenters. The first kappa shape index (κ1) is 10.7. The van der Waals surface area contributed by atoms with Crippen LogP contribution in [0.25, 0.3) is 5.65 Å². The summed E-state index contributed by atoms with van der Waals surface area (Å²) in [5.41, 5.74) is 2.24. The quantitative estimate of drug-likeness (QED) is 0.815. The van der Waals surface area contributed by atoms with E-state index < -0.39 is 0 Å². The van der Waals surface area contributed by atoms with Crippen LogP contribution in [0.4, 0.5) is 0 Å². The third-order valence-corrected chi connectivity index (χ3v) is 3.25. The fraction of sp³-hybridized carbons (Fsp3) is 0.500. The minimum absolute atomic E-state index is 0.923. The molecular weight excluding hydrogens is 214 g/mol. The molecule has 1 N–H and O–H groups in total. The summed E-state index contributed by atoms with van der Waals surface area (Å²) in [6.07, 6.45) is 2.15. The summed E-state index contributed by atoms with van der Waals surface area (Å²) in [5, 5.41) is 11.5. The summed E-state index contributed by atoms with van der Waals surface area (Å²) in [4.78, 5) is 2.47. The largest absolute Gasteiger partial charge is 0.314 e. The van der Waals surface area contributed by atoms with E-state index in [9.17, 15) is 0 Å². The summed E-state index contributed by atoms with van der Waals surface area (Å²) in [7, 11) is 0. The maximum absolute atomic E-state index is 4.10. The second-order valence-corrected chi connectivity index (χ2v) is 4.54. The molecule has 1 saturated heterocycles. The van der Waals surface area contributed by atoms with Gasteiger partial charge in [-0.2, -0.15) is 0 Å². The molecule has 0 radical (unpaired) electrons. The molecule has 5 heteroatoms. The number of hydrogen-bond acceptors (Lipinski definition) is 4. The van der Waals surface area contributed by atoms with Crippen LogP contribution in [0.1, 0.15) is 11.4 Å². The summed E-state index contributed by atoms with van der Waals surface area (Å²) in [6, 6.07) is 4.18. The van der Waals surface area contributed by atoms with Crippen molar-refractivity contribution in [3.63, 3.8) is 0 Å². The molecule has 2 aromatic heterocycles. The molecule has 0 amide bonds. The second-order valence-electron chi connectivity index (χ2n) is 4.54. The molecule has 1 aliphatic heterocycles. The third kappa shape index (κ3) is 2.16. The van der Waals surface area contributed by atoms with Gasteiger partial charge in [0.15, 0.2) is 5.65 Å².